The monoisotopic (exact) mass is 731 g/mol. The first-order chi connectivity index (χ1) is 23.6. The van der Waals surface area contributed by atoms with Crippen molar-refractivity contribution in [2.75, 3.05) is 25.0 Å². The number of aryl methyl sites for hydroxylation is 1. The highest BCUT2D eigenvalue weighted by Crippen LogP contribution is 2.24. The van der Waals surface area contributed by atoms with E-state index in [0.29, 0.717) is 18.8 Å². The molecule has 0 radical (unpaired) electrons. The van der Waals surface area contributed by atoms with Crippen LogP contribution in [0.5, 0.6) is 5.75 Å². The van der Waals surface area contributed by atoms with Gasteiger partial charge in [0, 0.05) is 36.9 Å². The smallest absolute Gasteiger partial charge is 0.413 e. The lowest BCUT2D eigenvalue weighted by Gasteiger charge is -2.39. The van der Waals surface area contributed by atoms with Crippen molar-refractivity contribution in [3.63, 3.8) is 0 Å². The third-order valence-electron chi connectivity index (χ3n) is 7.00. The molecule has 4 heterocycles. The number of oxime groups is 1. The van der Waals surface area contributed by atoms with E-state index in [1.807, 2.05) is 44.5 Å². The van der Waals surface area contributed by atoms with Crippen LogP contribution in [0.25, 0.3) is 5.65 Å². The second kappa shape index (κ2) is 15.1. The summed E-state index contributed by atoms with van der Waals surface area (Å²) in [6.45, 7) is 16.5. The zero-order valence-corrected chi connectivity index (χ0v) is 31.5. The Balaban J connectivity index is 1.45. The van der Waals surface area contributed by atoms with Gasteiger partial charge in [-0.15, -0.1) is 11.3 Å². The van der Waals surface area contributed by atoms with Crippen LogP contribution in [0.2, 0.25) is 0 Å². The minimum Gasteiger partial charge on any atom is -0.485 e. The molecule has 1 atom stereocenters. The number of anilines is 1. The molecular weight excluding hydrogens is 684 g/mol. The standard InChI is InChI=1S/C34H46N6O10S/c1-32(2,3)47-28(43)24(50-37-26(27(41)42)23-19-51-29(35-23)36-30(44)48-33(4,5)6)18-46-22-11-12-25-38(10)21(16-39(25)17-22)13-20-14-40(15-20)31(45)49-34(7,8)9/h11-12,16-17,19-20,24H,13-15,18H2,1-10H3,(H-,35,36,41,42,44)/p+1/b37-26-. The van der Waals surface area contributed by atoms with Gasteiger partial charge >= 0.3 is 24.1 Å². The van der Waals surface area contributed by atoms with Gasteiger partial charge in [0.15, 0.2) is 10.9 Å². The van der Waals surface area contributed by atoms with Crippen LogP contribution in [0.4, 0.5) is 14.7 Å². The molecule has 2 N–H and O–H groups in total. The molecule has 4 rings (SSSR count). The lowest BCUT2D eigenvalue weighted by atomic mass is 9.95. The second-order valence-electron chi connectivity index (χ2n) is 15.1. The highest BCUT2D eigenvalue weighted by atomic mass is 32.1. The molecule has 0 bridgehead atoms. The number of pyridine rings is 1. The summed E-state index contributed by atoms with van der Waals surface area (Å²) in [5, 5.41) is 17.5. The summed E-state index contributed by atoms with van der Waals surface area (Å²) in [5.41, 5.74) is -0.941. The topological polar surface area (TPSA) is 183 Å². The Bertz CT molecular complexity index is 1790. The van der Waals surface area contributed by atoms with E-state index in [1.54, 1.807) is 58.7 Å². The fraction of sp³-hybridized carbons (Fsp3) is 0.559. The van der Waals surface area contributed by atoms with Crippen molar-refractivity contribution in [1.29, 1.82) is 0 Å². The lowest BCUT2D eigenvalue weighted by Crippen LogP contribution is -2.53. The molecular formula is C34H47N6O10S+. The van der Waals surface area contributed by atoms with E-state index in [4.69, 9.17) is 23.8 Å². The molecule has 2 amide bonds. The van der Waals surface area contributed by atoms with Gasteiger partial charge in [0.05, 0.1) is 7.05 Å². The van der Waals surface area contributed by atoms with Gasteiger partial charge in [-0.05, 0) is 68.4 Å². The molecule has 3 aromatic rings. The van der Waals surface area contributed by atoms with Crippen LogP contribution in [0.1, 0.15) is 73.7 Å². The second-order valence-corrected chi connectivity index (χ2v) is 16.0. The number of carboxylic acids is 1. The van der Waals surface area contributed by atoms with Crippen molar-refractivity contribution in [2.24, 2.45) is 18.1 Å². The van der Waals surface area contributed by atoms with Crippen LogP contribution in [0, 0.1) is 5.92 Å². The third kappa shape index (κ3) is 11.3. The first-order valence-electron chi connectivity index (χ1n) is 16.3. The number of nitrogens with zero attached hydrogens (tertiary/aromatic N) is 5. The molecule has 16 nitrogen and oxygen atoms in total. The molecule has 0 saturated carbocycles. The number of fused-ring (bicyclic) bond motifs is 1. The minimum atomic E-state index is -1.48. The highest BCUT2D eigenvalue weighted by molar-refractivity contribution is 7.14. The number of amides is 2. The lowest BCUT2D eigenvalue weighted by molar-refractivity contribution is -0.652. The number of carbonyl (C=O) groups is 4. The molecule has 0 spiro atoms. The SMILES string of the molecule is C[n+]1c(CC2CN(C(=O)OC(C)(C)C)C2)cn2cc(OCC(O/N=C(\C(=O)O)c3csc(NC(=O)OC(C)(C)C)n3)C(=O)OC(C)(C)C)ccc21. The molecule has 1 aliphatic heterocycles. The Morgan fingerprint density at radius 3 is 2.25 bits per heavy atom. The van der Waals surface area contributed by atoms with E-state index in [1.165, 1.54) is 5.38 Å². The number of aromatic nitrogens is 3. The normalized spacial score (nSPS) is 14.8. The van der Waals surface area contributed by atoms with Crippen molar-refractivity contribution in [2.45, 2.75) is 91.6 Å². The predicted molar refractivity (Wildman–Crippen MR) is 186 cm³/mol. The van der Waals surface area contributed by atoms with Crippen molar-refractivity contribution in [3.05, 3.63) is 41.3 Å². The number of imidazole rings is 1. The van der Waals surface area contributed by atoms with Crippen LogP contribution in [0.3, 0.4) is 0 Å². The average Bonchev–Trinajstić information content (AvgIpc) is 3.52. The Morgan fingerprint density at radius 2 is 1.65 bits per heavy atom. The number of aliphatic carboxylic acids is 1. The Morgan fingerprint density at radius 1 is 1.00 bits per heavy atom. The van der Waals surface area contributed by atoms with E-state index in [-0.39, 0.29) is 29.4 Å². The van der Waals surface area contributed by atoms with Crippen molar-refractivity contribution in [3.8, 4) is 5.75 Å². The van der Waals surface area contributed by atoms with Crippen LogP contribution in [-0.2, 0) is 42.1 Å². The number of hydrogen-bond acceptors (Lipinski definition) is 12. The van der Waals surface area contributed by atoms with Gasteiger partial charge in [0.2, 0.25) is 5.71 Å². The van der Waals surface area contributed by atoms with Crippen LogP contribution in [0.15, 0.2) is 35.1 Å². The largest absolute Gasteiger partial charge is 0.485 e. The quantitative estimate of drug-likeness (QED) is 0.0926. The number of hydrogen-bond donors (Lipinski definition) is 2. The number of nitrogens with one attached hydrogen (secondary N) is 1. The molecule has 17 heteroatoms. The van der Waals surface area contributed by atoms with Crippen molar-refractivity contribution < 1.29 is 52.6 Å². The molecule has 1 fully saturated rings. The summed E-state index contributed by atoms with van der Waals surface area (Å²) in [7, 11) is 1.96. The zero-order chi connectivity index (χ0) is 37.9. The van der Waals surface area contributed by atoms with Crippen LogP contribution in [-0.4, -0.2) is 91.8 Å². The fourth-order valence-electron chi connectivity index (χ4n) is 4.84. The molecule has 1 unspecified atom stereocenters. The number of ether oxygens (including phenoxy) is 4. The summed E-state index contributed by atoms with van der Waals surface area (Å²) in [6.07, 6.45) is 1.96. The number of carboxylic acid groups (broad SMARTS) is 1. The predicted octanol–water partition coefficient (Wildman–Crippen LogP) is 4.57. The number of rotatable bonds is 11. The van der Waals surface area contributed by atoms with Crippen molar-refractivity contribution >= 4 is 52.0 Å². The van der Waals surface area contributed by atoms with Gasteiger partial charge in [-0.1, -0.05) is 5.16 Å². The minimum absolute atomic E-state index is 0.0765. The molecule has 0 aromatic carbocycles. The first-order valence-corrected chi connectivity index (χ1v) is 17.2. The first kappa shape index (κ1) is 38.9. The number of thiazole rings is 1. The number of likely N-dealkylation sites (tertiary alicyclic amines) is 1. The Hall–Kier alpha value is -4.93. The molecule has 3 aromatic heterocycles. The maximum absolute atomic E-state index is 13.1. The third-order valence-corrected chi connectivity index (χ3v) is 7.75. The van der Waals surface area contributed by atoms with Gasteiger partial charge in [0.25, 0.3) is 11.8 Å². The van der Waals surface area contributed by atoms with Crippen LogP contribution < -0.4 is 14.6 Å². The van der Waals surface area contributed by atoms with E-state index in [0.717, 1.165) is 29.1 Å². The van der Waals surface area contributed by atoms with Crippen LogP contribution >= 0.6 is 11.3 Å². The zero-order valence-electron chi connectivity index (χ0n) is 30.6. The summed E-state index contributed by atoms with van der Waals surface area (Å²) < 4.78 is 26.0. The molecule has 278 valence electrons. The molecule has 1 aliphatic rings. The van der Waals surface area contributed by atoms with Gasteiger partial charge in [-0.25, -0.2) is 28.7 Å². The summed E-state index contributed by atoms with van der Waals surface area (Å²) >= 11 is 0.956. The molecule has 51 heavy (non-hydrogen) atoms. The van der Waals surface area contributed by atoms with Gasteiger partial charge in [-0.2, -0.15) is 4.40 Å². The molecule has 0 aliphatic carbocycles. The summed E-state index contributed by atoms with van der Waals surface area (Å²) in [4.78, 5) is 60.9. The maximum Gasteiger partial charge on any atom is 0.413 e. The van der Waals surface area contributed by atoms with Gasteiger partial charge in [0.1, 0.15) is 47.2 Å². The van der Waals surface area contributed by atoms with E-state index < -0.39 is 46.7 Å². The van der Waals surface area contributed by atoms with Gasteiger partial charge in [-0.3, -0.25) is 5.32 Å². The highest BCUT2D eigenvalue weighted by Gasteiger charge is 2.35. The molecule has 1 saturated heterocycles. The average molecular weight is 732 g/mol. The number of esters is 1. The summed E-state index contributed by atoms with van der Waals surface area (Å²) in [5.74, 6) is -1.61. The number of carbonyl (C=O) groups excluding carboxylic acids is 3. The van der Waals surface area contributed by atoms with Gasteiger partial charge < -0.3 is 33.8 Å². The van der Waals surface area contributed by atoms with E-state index in [2.05, 4.69) is 20.0 Å². The van der Waals surface area contributed by atoms with Crippen molar-refractivity contribution in [1.82, 2.24) is 14.3 Å². The Labute approximate surface area is 300 Å². The Kier molecular flexibility index (Phi) is 11.5. The van der Waals surface area contributed by atoms with E-state index in [9.17, 15) is 24.3 Å². The maximum atomic E-state index is 13.1. The van der Waals surface area contributed by atoms with E-state index >= 15 is 0 Å². The summed E-state index contributed by atoms with van der Waals surface area (Å²) in [6, 6.07) is 3.60. The fourth-order valence-corrected chi connectivity index (χ4v) is 5.52.